The number of fused-ring (bicyclic) bond motifs is 1. The van der Waals surface area contributed by atoms with E-state index in [9.17, 15) is 13.2 Å². The Morgan fingerprint density at radius 3 is 2.62 bits per heavy atom. The molecule has 0 amide bonds. The Hall–Kier alpha value is -2.37. The molecule has 2 unspecified atom stereocenters. The van der Waals surface area contributed by atoms with Crippen LogP contribution in [0.2, 0.25) is 0 Å². The molecule has 2 fully saturated rings. The van der Waals surface area contributed by atoms with Gasteiger partial charge in [0.05, 0.1) is 17.6 Å². The molecule has 5 rings (SSSR count). The number of alkyl halides is 3. The third-order valence-corrected chi connectivity index (χ3v) is 7.58. The van der Waals surface area contributed by atoms with Crippen LogP contribution in [0, 0.1) is 5.41 Å². The Labute approximate surface area is 187 Å². The van der Waals surface area contributed by atoms with E-state index in [0.717, 1.165) is 49.8 Å². The van der Waals surface area contributed by atoms with Crippen molar-refractivity contribution in [2.24, 2.45) is 11.1 Å². The molecule has 2 aliphatic rings. The Morgan fingerprint density at radius 1 is 1.16 bits per heavy atom. The van der Waals surface area contributed by atoms with Crippen molar-refractivity contribution >= 4 is 23.4 Å². The molecule has 0 saturated carbocycles. The SMILES string of the molecule is CC1OCC2(CCN(c3ncc(Sc4cccnc4C(F)(F)F)c4nccn34)CC2)C1N. The van der Waals surface area contributed by atoms with Crippen LogP contribution in [0.25, 0.3) is 5.65 Å². The van der Waals surface area contributed by atoms with E-state index in [-0.39, 0.29) is 22.5 Å². The normalized spacial score (nSPS) is 23.3. The highest BCUT2D eigenvalue weighted by Gasteiger charge is 2.47. The van der Waals surface area contributed by atoms with Gasteiger partial charge in [-0.15, -0.1) is 0 Å². The maximum atomic E-state index is 13.4. The van der Waals surface area contributed by atoms with Gasteiger partial charge in [0.15, 0.2) is 11.3 Å². The molecule has 2 atom stereocenters. The minimum atomic E-state index is -4.53. The first-order valence-electron chi connectivity index (χ1n) is 10.4. The van der Waals surface area contributed by atoms with Gasteiger partial charge in [0, 0.05) is 54.2 Å². The number of piperidine rings is 1. The fourth-order valence-electron chi connectivity index (χ4n) is 4.62. The molecule has 0 aliphatic carbocycles. The highest BCUT2D eigenvalue weighted by molar-refractivity contribution is 7.99. The molecule has 11 heteroatoms. The minimum Gasteiger partial charge on any atom is -0.376 e. The Morgan fingerprint density at radius 2 is 1.94 bits per heavy atom. The van der Waals surface area contributed by atoms with Gasteiger partial charge < -0.3 is 15.4 Å². The zero-order valence-corrected chi connectivity index (χ0v) is 18.2. The predicted molar refractivity (Wildman–Crippen MR) is 114 cm³/mol. The van der Waals surface area contributed by atoms with E-state index in [2.05, 4.69) is 19.9 Å². The van der Waals surface area contributed by atoms with Gasteiger partial charge in [0.25, 0.3) is 0 Å². The fraction of sp³-hybridized carbons (Fsp3) is 0.476. The average molecular weight is 465 g/mol. The number of hydrogen-bond acceptors (Lipinski definition) is 7. The fourth-order valence-corrected chi connectivity index (χ4v) is 5.61. The summed E-state index contributed by atoms with van der Waals surface area (Å²) < 4.78 is 47.7. The van der Waals surface area contributed by atoms with Gasteiger partial charge in [-0.05, 0) is 31.9 Å². The van der Waals surface area contributed by atoms with Crippen molar-refractivity contribution in [1.82, 2.24) is 19.4 Å². The number of nitrogens with zero attached hydrogens (tertiary/aromatic N) is 5. The van der Waals surface area contributed by atoms with Crippen LogP contribution in [0.15, 0.2) is 46.7 Å². The molecule has 7 nitrogen and oxygen atoms in total. The number of imidazole rings is 1. The van der Waals surface area contributed by atoms with Crippen LogP contribution >= 0.6 is 11.8 Å². The lowest BCUT2D eigenvalue weighted by atomic mass is 9.73. The lowest BCUT2D eigenvalue weighted by Crippen LogP contribution is -2.51. The van der Waals surface area contributed by atoms with E-state index in [4.69, 9.17) is 10.5 Å². The van der Waals surface area contributed by atoms with Crippen molar-refractivity contribution in [2.75, 3.05) is 24.6 Å². The van der Waals surface area contributed by atoms with E-state index in [1.165, 1.54) is 12.1 Å². The largest absolute Gasteiger partial charge is 0.434 e. The molecule has 3 aromatic heterocycles. The first-order valence-corrected chi connectivity index (χ1v) is 11.2. The average Bonchev–Trinajstić information content (AvgIpc) is 3.37. The number of ether oxygens (including phenoxy) is 1. The third kappa shape index (κ3) is 3.61. The maximum Gasteiger partial charge on any atom is 0.434 e. The van der Waals surface area contributed by atoms with Crippen LogP contribution in [-0.4, -0.2) is 51.2 Å². The molecule has 170 valence electrons. The number of pyridine rings is 1. The summed E-state index contributed by atoms with van der Waals surface area (Å²) in [6.45, 7) is 4.25. The number of halogens is 3. The van der Waals surface area contributed by atoms with Gasteiger partial charge in [0.2, 0.25) is 5.95 Å². The molecule has 5 heterocycles. The standard InChI is InChI=1S/C21H23F3N6OS/c1-13-16(25)20(12-31-13)4-8-29(9-5-20)19-28-11-15(18-27-7-10-30(18)19)32-14-3-2-6-26-17(14)21(22,23)24/h2-3,6-7,10-11,13,16H,4-5,8-9,12,25H2,1H3. The summed E-state index contributed by atoms with van der Waals surface area (Å²) in [5.41, 5.74) is 6.06. The maximum absolute atomic E-state index is 13.4. The monoisotopic (exact) mass is 464 g/mol. The summed E-state index contributed by atoms with van der Waals surface area (Å²) in [5.74, 6) is 0.722. The van der Waals surface area contributed by atoms with Crippen LogP contribution in [0.5, 0.6) is 0 Å². The molecule has 0 aromatic carbocycles. The van der Waals surface area contributed by atoms with Crippen molar-refractivity contribution in [2.45, 2.75) is 47.9 Å². The highest BCUT2D eigenvalue weighted by Crippen LogP contribution is 2.43. The second-order valence-electron chi connectivity index (χ2n) is 8.38. The second kappa shape index (κ2) is 7.89. The van der Waals surface area contributed by atoms with Crippen molar-refractivity contribution in [3.8, 4) is 0 Å². The quantitative estimate of drug-likeness (QED) is 0.634. The van der Waals surface area contributed by atoms with E-state index in [0.29, 0.717) is 17.1 Å². The molecule has 2 aliphatic heterocycles. The molecular formula is C21H23F3N6OS. The van der Waals surface area contributed by atoms with E-state index in [1.807, 2.05) is 11.3 Å². The van der Waals surface area contributed by atoms with Crippen LogP contribution in [0.3, 0.4) is 0 Å². The second-order valence-corrected chi connectivity index (χ2v) is 9.47. The van der Waals surface area contributed by atoms with Crippen LogP contribution in [0.4, 0.5) is 19.1 Å². The topological polar surface area (TPSA) is 81.6 Å². The summed E-state index contributed by atoms with van der Waals surface area (Å²) in [6, 6.07) is 2.92. The number of hydrogen-bond donors (Lipinski definition) is 1. The molecule has 2 N–H and O–H groups in total. The summed E-state index contributed by atoms with van der Waals surface area (Å²) in [5, 5.41) is 0. The number of nitrogens with two attached hydrogens (primary N) is 1. The van der Waals surface area contributed by atoms with Crippen LogP contribution < -0.4 is 10.6 Å². The number of anilines is 1. The molecule has 3 aromatic rings. The highest BCUT2D eigenvalue weighted by atomic mass is 32.2. The summed E-state index contributed by atoms with van der Waals surface area (Å²) in [6.07, 6.45) is 3.48. The van der Waals surface area contributed by atoms with Crippen molar-refractivity contribution < 1.29 is 17.9 Å². The van der Waals surface area contributed by atoms with Crippen LogP contribution in [-0.2, 0) is 10.9 Å². The number of rotatable bonds is 3. The lowest BCUT2D eigenvalue weighted by Gasteiger charge is -2.41. The van der Waals surface area contributed by atoms with Crippen molar-refractivity contribution in [1.29, 1.82) is 0 Å². The smallest absolute Gasteiger partial charge is 0.376 e. The molecule has 2 saturated heterocycles. The van der Waals surface area contributed by atoms with Gasteiger partial charge in [-0.2, -0.15) is 13.2 Å². The van der Waals surface area contributed by atoms with Gasteiger partial charge in [-0.3, -0.25) is 9.38 Å². The van der Waals surface area contributed by atoms with Gasteiger partial charge in [0.1, 0.15) is 0 Å². The molecular weight excluding hydrogens is 441 g/mol. The van der Waals surface area contributed by atoms with E-state index < -0.39 is 11.9 Å². The molecule has 1 spiro atoms. The van der Waals surface area contributed by atoms with Gasteiger partial charge in [-0.1, -0.05) is 11.8 Å². The molecule has 0 bridgehead atoms. The Bertz CT molecular complexity index is 1130. The Balaban J connectivity index is 1.41. The van der Waals surface area contributed by atoms with E-state index >= 15 is 0 Å². The summed E-state index contributed by atoms with van der Waals surface area (Å²) in [7, 11) is 0. The van der Waals surface area contributed by atoms with Gasteiger partial charge in [-0.25, -0.2) is 9.97 Å². The zero-order chi connectivity index (χ0) is 22.5. The molecule has 32 heavy (non-hydrogen) atoms. The Kier molecular flexibility index (Phi) is 5.30. The van der Waals surface area contributed by atoms with Crippen LogP contribution in [0.1, 0.15) is 25.5 Å². The molecule has 0 radical (unpaired) electrons. The van der Waals surface area contributed by atoms with Crippen molar-refractivity contribution in [3.63, 3.8) is 0 Å². The third-order valence-electron chi connectivity index (χ3n) is 6.52. The zero-order valence-electron chi connectivity index (χ0n) is 17.4. The lowest BCUT2D eigenvalue weighted by molar-refractivity contribution is -0.143. The first kappa shape index (κ1) is 21.5. The first-order chi connectivity index (χ1) is 15.3. The van der Waals surface area contributed by atoms with Crippen molar-refractivity contribution in [3.05, 3.63) is 42.6 Å². The minimum absolute atomic E-state index is 0.00589. The summed E-state index contributed by atoms with van der Waals surface area (Å²) in [4.78, 5) is 15.2. The van der Waals surface area contributed by atoms with E-state index in [1.54, 1.807) is 18.6 Å². The predicted octanol–water partition coefficient (Wildman–Crippen LogP) is 3.63. The summed E-state index contributed by atoms with van der Waals surface area (Å²) >= 11 is 0.966. The van der Waals surface area contributed by atoms with Gasteiger partial charge >= 0.3 is 6.18 Å². The number of aromatic nitrogens is 4.